The van der Waals surface area contributed by atoms with Crippen LogP contribution in [0.5, 0.6) is 0 Å². The summed E-state index contributed by atoms with van der Waals surface area (Å²) in [5.41, 5.74) is 2.00. The summed E-state index contributed by atoms with van der Waals surface area (Å²) in [6, 6.07) is 0.300. The van der Waals surface area contributed by atoms with E-state index in [1.165, 1.54) is 0 Å². The van der Waals surface area contributed by atoms with Gasteiger partial charge < -0.3 is 24.6 Å². The number of nitrogens with zero attached hydrogens (tertiary/aromatic N) is 5. The van der Waals surface area contributed by atoms with Crippen molar-refractivity contribution in [2.75, 3.05) is 39.3 Å². The molecule has 2 atom stereocenters. The fourth-order valence-electron chi connectivity index (χ4n) is 5.28. The molecule has 0 aliphatic carbocycles. The molecule has 1 aromatic rings. The summed E-state index contributed by atoms with van der Waals surface area (Å²) in [4.78, 5) is 41.4. The number of carbonyl (C=O) groups is 2. The minimum Gasteiger partial charge on any atom is -0.436 e. The van der Waals surface area contributed by atoms with Gasteiger partial charge in [0.05, 0.1) is 24.3 Å². The second-order valence-electron chi connectivity index (χ2n) is 10.1. The fourth-order valence-corrected chi connectivity index (χ4v) is 5.28. The van der Waals surface area contributed by atoms with Crippen LogP contribution in [0.4, 0.5) is 4.79 Å². The van der Waals surface area contributed by atoms with E-state index >= 15 is 0 Å². The van der Waals surface area contributed by atoms with Crippen molar-refractivity contribution in [2.45, 2.75) is 65.6 Å². The topological polar surface area (TPSA) is 115 Å². The highest BCUT2D eigenvalue weighted by molar-refractivity contribution is 6.14. The van der Waals surface area contributed by atoms with Crippen LogP contribution in [-0.2, 0) is 0 Å². The molecular formula is C24H36N6O4. The van der Waals surface area contributed by atoms with Crippen LogP contribution < -0.4 is 5.32 Å². The van der Waals surface area contributed by atoms with Gasteiger partial charge in [0.2, 0.25) is 5.76 Å². The van der Waals surface area contributed by atoms with Crippen molar-refractivity contribution in [1.29, 1.82) is 0 Å². The van der Waals surface area contributed by atoms with Gasteiger partial charge in [-0.25, -0.2) is 9.78 Å². The van der Waals surface area contributed by atoms with E-state index in [9.17, 15) is 14.7 Å². The minimum absolute atomic E-state index is 0.00735. The number of urea groups is 1. The van der Waals surface area contributed by atoms with Crippen molar-refractivity contribution in [2.24, 2.45) is 4.99 Å². The number of rotatable bonds is 4. The summed E-state index contributed by atoms with van der Waals surface area (Å²) in [7, 11) is 0. The molecule has 3 aliphatic heterocycles. The molecule has 2 N–H and O–H groups in total. The lowest BCUT2D eigenvalue weighted by Gasteiger charge is -2.47. The maximum atomic E-state index is 13.7. The molecule has 4 heterocycles. The maximum Gasteiger partial charge on any atom is 0.321 e. The third-order valence-electron chi connectivity index (χ3n) is 7.31. The number of nitrogens with one attached hydrogen (secondary N) is 1. The number of hydrogen-bond donors (Lipinski definition) is 2. The Morgan fingerprint density at radius 2 is 1.94 bits per heavy atom. The smallest absolute Gasteiger partial charge is 0.321 e. The molecule has 3 amide bonds. The summed E-state index contributed by atoms with van der Waals surface area (Å²) in [6.45, 7) is 15.0. The van der Waals surface area contributed by atoms with Crippen LogP contribution in [0, 0.1) is 13.8 Å². The van der Waals surface area contributed by atoms with Crippen molar-refractivity contribution in [3.05, 3.63) is 28.5 Å². The first-order chi connectivity index (χ1) is 16.0. The molecule has 0 aromatic carbocycles. The summed E-state index contributed by atoms with van der Waals surface area (Å²) in [5.74, 6) is 0.748. The molecule has 3 aliphatic rings. The number of piperazine rings is 1. The largest absolute Gasteiger partial charge is 0.436 e. The first kappa shape index (κ1) is 24.4. The Labute approximate surface area is 200 Å². The van der Waals surface area contributed by atoms with Gasteiger partial charge in [-0.3, -0.25) is 14.7 Å². The van der Waals surface area contributed by atoms with Crippen LogP contribution in [0.3, 0.4) is 0 Å². The number of aromatic nitrogens is 1. The minimum atomic E-state index is -0.502. The number of aliphatic hydroxyl groups is 1. The SMILES string of the molecule is Cc1nc(C)c(C(=O)NC2=NCC3=C2CN(C(=O)N2C[C@@H](C)N(CCCO)C[C@@H]2C)C3(C)C)o1. The van der Waals surface area contributed by atoms with Crippen molar-refractivity contribution >= 4 is 17.8 Å². The Morgan fingerprint density at radius 1 is 1.21 bits per heavy atom. The summed E-state index contributed by atoms with van der Waals surface area (Å²) in [5, 5.41) is 12.1. The molecule has 10 heteroatoms. The zero-order chi connectivity index (χ0) is 24.8. The molecule has 0 spiro atoms. The van der Waals surface area contributed by atoms with Gasteiger partial charge >= 0.3 is 6.03 Å². The predicted octanol–water partition coefficient (Wildman–Crippen LogP) is 1.72. The van der Waals surface area contributed by atoms with Crippen LogP contribution >= 0.6 is 0 Å². The number of amides is 3. The maximum absolute atomic E-state index is 13.7. The number of hydrogen-bond acceptors (Lipinski definition) is 7. The van der Waals surface area contributed by atoms with Gasteiger partial charge in [0.1, 0.15) is 5.84 Å². The van der Waals surface area contributed by atoms with Crippen LogP contribution in [0.2, 0.25) is 0 Å². The van der Waals surface area contributed by atoms with E-state index in [0.29, 0.717) is 37.1 Å². The molecule has 186 valence electrons. The highest BCUT2D eigenvalue weighted by atomic mass is 16.4. The van der Waals surface area contributed by atoms with Gasteiger partial charge in [-0.15, -0.1) is 0 Å². The summed E-state index contributed by atoms with van der Waals surface area (Å²) < 4.78 is 5.45. The van der Waals surface area contributed by atoms with Gasteiger partial charge in [-0.2, -0.15) is 0 Å². The first-order valence-electron chi connectivity index (χ1n) is 12.0. The highest BCUT2D eigenvalue weighted by Crippen LogP contribution is 2.39. The molecule has 0 radical (unpaired) electrons. The number of aliphatic hydroxyl groups excluding tert-OH is 1. The number of aliphatic imine (C=N–C) groups is 1. The quantitative estimate of drug-likeness (QED) is 0.690. The average Bonchev–Trinajstić information content (AvgIpc) is 3.41. The number of aryl methyl sites for hydroxylation is 2. The Bertz CT molecular complexity index is 1040. The second-order valence-corrected chi connectivity index (χ2v) is 10.1. The lowest BCUT2D eigenvalue weighted by Crippen LogP contribution is -2.62. The fraction of sp³-hybridized carbons (Fsp3) is 0.667. The normalized spacial score (nSPS) is 24.5. The lowest BCUT2D eigenvalue weighted by molar-refractivity contribution is 0.0399. The molecule has 0 unspecified atom stereocenters. The number of carbonyl (C=O) groups excluding carboxylic acids is 2. The zero-order valence-electron chi connectivity index (χ0n) is 21.0. The van der Waals surface area contributed by atoms with Crippen LogP contribution in [-0.4, -0.2) is 99.5 Å². The summed E-state index contributed by atoms with van der Waals surface area (Å²) >= 11 is 0. The molecule has 34 heavy (non-hydrogen) atoms. The first-order valence-corrected chi connectivity index (χ1v) is 12.0. The van der Waals surface area contributed by atoms with Gasteiger partial charge in [0.15, 0.2) is 5.89 Å². The second kappa shape index (κ2) is 9.14. The van der Waals surface area contributed by atoms with Crippen molar-refractivity contribution in [3.63, 3.8) is 0 Å². The van der Waals surface area contributed by atoms with Gasteiger partial charge in [0.25, 0.3) is 5.91 Å². The molecule has 1 fully saturated rings. The van der Waals surface area contributed by atoms with E-state index in [1.807, 2.05) is 23.6 Å². The van der Waals surface area contributed by atoms with E-state index in [2.05, 4.69) is 34.0 Å². The monoisotopic (exact) mass is 472 g/mol. The molecule has 0 saturated carbocycles. The Balaban J connectivity index is 1.46. The summed E-state index contributed by atoms with van der Waals surface area (Å²) in [6.07, 6.45) is 0.738. The van der Waals surface area contributed by atoms with E-state index in [1.54, 1.807) is 13.8 Å². The standard InChI is InChI=1S/C24H36N6O4/c1-14-12-29(15(2)11-28(14)8-7-9-31)23(33)30-13-18-19(24(30,5)6)10-25-21(18)27-22(32)20-16(3)26-17(4)34-20/h14-15,31H,7-13H2,1-6H3,(H,25,27,32)/t14-,15+/m1/s1. The van der Waals surface area contributed by atoms with Crippen molar-refractivity contribution in [1.82, 2.24) is 25.0 Å². The van der Waals surface area contributed by atoms with Gasteiger partial charge in [-0.05, 0) is 46.6 Å². The molecule has 4 rings (SSSR count). The van der Waals surface area contributed by atoms with Gasteiger partial charge in [0, 0.05) is 50.8 Å². The van der Waals surface area contributed by atoms with E-state index in [4.69, 9.17) is 4.42 Å². The number of amidine groups is 1. The highest BCUT2D eigenvalue weighted by Gasteiger charge is 2.48. The predicted molar refractivity (Wildman–Crippen MR) is 128 cm³/mol. The third kappa shape index (κ3) is 4.24. The third-order valence-corrected chi connectivity index (χ3v) is 7.31. The molecule has 0 bridgehead atoms. The van der Waals surface area contributed by atoms with E-state index < -0.39 is 5.54 Å². The Morgan fingerprint density at radius 3 is 2.59 bits per heavy atom. The van der Waals surface area contributed by atoms with Crippen LogP contribution in [0.25, 0.3) is 0 Å². The molecule has 1 aromatic heterocycles. The van der Waals surface area contributed by atoms with Crippen molar-refractivity contribution < 1.29 is 19.1 Å². The molecule has 1 saturated heterocycles. The van der Waals surface area contributed by atoms with Crippen LogP contribution in [0.1, 0.15) is 56.3 Å². The van der Waals surface area contributed by atoms with E-state index in [0.717, 1.165) is 30.7 Å². The van der Waals surface area contributed by atoms with Crippen LogP contribution in [0.15, 0.2) is 20.6 Å². The van der Waals surface area contributed by atoms with E-state index in [-0.39, 0.29) is 36.4 Å². The average molecular weight is 473 g/mol. The Kier molecular flexibility index (Phi) is 6.56. The van der Waals surface area contributed by atoms with Gasteiger partial charge in [-0.1, -0.05) is 0 Å². The molecule has 10 nitrogen and oxygen atoms in total. The number of oxazole rings is 1. The Hall–Kier alpha value is -2.72. The molecular weight excluding hydrogens is 436 g/mol. The zero-order valence-corrected chi connectivity index (χ0v) is 21.0. The lowest BCUT2D eigenvalue weighted by atomic mass is 9.94. The van der Waals surface area contributed by atoms with Crippen molar-refractivity contribution in [3.8, 4) is 0 Å².